The average Bonchev–Trinajstić information content (AvgIpc) is 2.80. The molecule has 1 aromatic carbocycles. The summed E-state index contributed by atoms with van der Waals surface area (Å²) in [4.78, 5) is 4.22. The van der Waals surface area contributed by atoms with Gasteiger partial charge in [-0.15, -0.1) is 0 Å². The highest BCUT2D eigenvalue weighted by Gasteiger charge is 2.31. The van der Waals surface area contributed by atoms with Crippen LogP contribution in [0.4, 0.5) is 13.2 Å². The molecule has 0 unspecified atom stereocenters. The fourth-order valence-electron chi connectivity index (χ4n) is 1.36. The number of nitrogens with one attached hydrogen (secondary N) is 1. The van der Waals surface area contributed by atoms with Crippen molar-refractivity contribution in [2.45, 2.75) is 16.3 Å². The van der Waals surface area contributed by atoms with E-state index in [0.717, 1.165) is 23.9 Å². The first-order valence-electron chi connectivity index (χ1n) is 5.01. The molecule has 8 heteroatoms. The van der Waals surface area contributed by atoms with E-state index in [-0.39, 0.29) is 10.8 Å². The average molecular weight is 287 g/mol. The van der Waals surface area contributed by atoms with Crippen molar-refractivity contribution in [3.63, 3.8) is 0 Å². The summed E-state index contributed by atoms with van der Waals surface area (Å²) < 4.78 is 42.8. The molecular weight excluding hydrogens is 279 g/mol. The number of hydrogen-bond acceptors (Lipinski definition) is 4. The van der Waals surface area contributed by atoms with Gasteiger partial charge in [-0.2, -0.15) is 13.2 Å². The van der Waals surface area contributed by atoms with Crippen molar-refractivity contribution in [3.8, 4) is 0 Å². The summed E-state index contributed by atoms with van der Waals surface area (Å²) in [6.07, 6.45) is -1.71. The molecule has 100 valence electrons. The van der Waals surface area contributed by atoms with Gasteiger partial charge in [-0.05, 0) is 30.0 Å². The van der Waals surface area contributed by atoms with Crippen LogP contribution in [-0.4, -0.2) is 10.8 Å². The first-order chi connectivity index (χ1) is 8.88. The molecule has 0 spiro atoms. The smallest absolute Gasteiger partial charge is 0.416 e. The third-order valence-electron chi connectivity index (χ3n) is 2.20. The van der Waals surface area contributed by atoms with E-state index < -0.39 is 17.6 Å². The summed E-state index contributed by atoms with van der Waals surface area (Å²) in [5.74, 6) is -0.444. The summed E-state index contributed by atoms with van der Waals surface area (Å²) in [5, 5.41) is 7.62. The van der Waals surface area contributed by atoms with Crippen molar-refractivity contribution >= 4 is 17.6 Å². The molecule has 0 amide bonds. The first kappa shape index (κ1) is 13.5. The Balaban J connectivity index is 2.41. The van der Waals surface area contributed by atoms with Crippen molar-refractivity contribution in [1.29, 1.82) is 5.41 Å². The molecule has 2 rings (SSSR count). The van der Waals surface area contributed by atoms with Gasteiger partial charge in [0.2, 0.25) is 0 Å². The second kappa shape index (κ2) is 4.96. The lowest BCUT2D eigenvalue weighted by Crippen LogP contribution is -2.14. The highest BCUT2D eigenvalue weighted by molar-refractivity contribution is 7.99. The number of rotatable bonds is 3. The number of nitrogens with two attached hydrogens (primary N) is 1. The molecular formula is C11H8F3N3OS. The third-order valence-corrected chi connectivity index (χ3v) is 3.16. The fraction of sp³-hybridized carbons (Fsp3) is 0.0909. The lowest BCUT2D eigenvalue weighted by Gasteiger charge is -2.11. The van der Waals surface area contributed by atoms with Crippen LogP contribution in [0.5, 0.6) is 0 Å². The predicted molar refractivity (Wildman–Crippen MR) is 63.1 cm³/mol. The first-order valence-corrected chi connectivity index (χ1v) is 5.82. The topological polar surface area (TPSA) is 75.9 Å². The van der Waals surface area contributed by atoms with Gasteiger partial charge in [-0.1, -0.05) is 0 Å². The van der Waals surface area contributed by atoms with Crippen LogP contribution in [-0.2, 0) is 6.18 Å². The van der Waals surface area contributed by atoms with Gasteiger partial charge >= 0.3 is 6.18 Å². The van der Waals surface area contributed by atoms with E-state index in [9.17, 15) is 13.2 Å². The Labute approximate surface area is 110 Å². The standard InChI is InChI=1S/C11H8F3N3OS/c12-11(13,14)6-1-2-8(7(5-6)9(15)16)19-10-17-3-4-18-10/h1-5H,(H3,15,16). The lowest BCUT2D eigenvalue weighted by molar-refractivity contribution is -0.137. The summed E-state index contributed by atoms with van der Waals surface area (Å²) in [5.41, 5.74) is 4.45. The molecule has 1 aromatic heterocycles. The fourth-order valence-corrected chi connectivity index (χ4v) is 2.18. The Hall–Kier alpha value is -1.96. The molecule has 0 fully saturated rings. The number of nitrogen functional groups attached to an aromatic ring is 1. The molecule has 4 nitrogen and oxygen atoms in total. The van der Waals surface area contributed by atoms with Gasteiger partial charge in [0.15, 0.2) is 0 Å². The number of alkyl halides is 3. The van der Waals surface area contributed by atoms with E-state index in [4.69, 9.17) is 15.6 Å². The van der Waals surface area contributed by atoms with Gasteiger partial charge < -0.3 is 10.2 Å². The number of halogens is 3. The minimum atomic E-state index is -4.48. The highest BCUT2D eigenvalue weighted by atomic mass is 32.2. The molecule has 0 saturated carbocycles. The normalized spacial score (nSPS) is 11.5. The van der Waals surface area contributed by atoms with Gasteiger partial charge in [0.25, 0.3) is 5.22 Å². The molecule has 0 radical (unpaired) electrons. The Morgan fingerprint density at radius 3 is 2.63 bits per heavy atom. The zero-order chi connectivity index (χ0) is 14.0. The largest absolute Gasteiger partial charge is 0.440 e. The summed E-state index contributed by atoms with van der Waals surface area (Å²) >= 11 is 1.00. The van der Waals surface area contributed by atoms with Crippen molar-refractivity contribution in [2.75, 3.05) is 0 Å². The van der Waals surface area contributed by atoms with Gasteiger partial charge in [0.1, 0.15) is 12.1 Å². The highest BCUT2D eigenvalue weighted by Crippen LogP contribution is 2.35. The number of benzene rings is 1. The van der Waals surface area contributed by atoms with E-state index in [0.29, 0.717) is 4.90 Å². The van der Waals surface area contributed by atoms with Crippen molar-refractivity contribution in [2.24, 2.45) is 5.73 Å². The number of aromatic nitrogens is 1. The maximum atomic E-state index is 12.6. The van der Waals surface area contributed by atoms with E-state index in [2.05, 4.69) is 4.98 Å². The molecule has 0 atom stereocenters. The van der Waals surface area contributed by atoms with Crippen LogP contribution in [0.1, 0.15) is 11.1 Å². The van der Waals surface area contributed by atoms with Crippen LogP contribution in [0.15, 0.2) is 45.2 Å². The zero-order valence-electron chi connectivity index (χ0n) is 9.36. The summed E-state index contributed by atoms with van der Waals surface area (Å²) in [6, 6.07) is 3.01. The molecule has 1 heterocycles. The molecule has 19 heavy (non-hydrogen) atoms. The second-order valence-electron chi connectivity index (χ2n) is 3.52. The van der Waals surface area contributed by atoms with Crippen molar-refractivity contribution in [1.82, 2.24) is 4.98 Å². The van der Waals surface area contributed by atoms with Crippen LogP contribution >= 0.6 is 11.8 Å². The van der Waals surface area contributed by atoms with Gasteiger partial charge in [-0.3, -0.25) is 5.41 Å². The Kier molecular flexibility index (Phi) is 3.52. The van der Waals surface area contributed by atoms with Crippen LogP contribution in [0.25, 0.3) is 0 Å². The minimum Gasteiger partial charge on any atom is -0.440 e. The number of amidine groups is 1. The molecule has 0 aliphatic rings. The van der Waals surface area contributed by atoms with E-state index in [1.807, 2.05) is 0 Å². The second-order valence-corrected chi connectivity index (χ2v) is 4.52. The van der Waals surface area contributed by atoms with Gasteiger partial charge in [0, 0.05) is 10.5 Å². The Morgan fingerprint density at radius 1 is 1.37 bits per heavy atom. The maximum absolute atomic E-state index is 12.6. The van der Waals surface area contributed by atoms with Gasteiger partial charge in [0.05, 0.1) is 11.8 Å². The summed E-state index contributed by atoms with van der Waals surface area (Å²) in [6.45, 7) is 0. The van der Waals surface area contributed by atoms with E-state index in [1.165, 1.54) is 18.5 Å². The summed E-state index contributed by atoms with van der Waals surface area (Å²) in [7, 11) is 0. The third kappa shape index (κ3) is 3.08. The Morgan fingerprint density at radius 2 is 2.11 bits per heavy atom. The van der Waals surface area contributed by atoms with Crippen molar-refractivity contribution in [3.05, 3.63) is 41.8 Å². The molecule has 2 aromatic rings. The van der Waals surface area contributed by atoms with Crippen molar-refractivity contribution < 1.29 is 17.6 Å². The SMILES string of the molecule is N=C(N)c1cc(C(F)(F)F)ccc1Sc1ncco1. The lowest BCUT2D eigenvalue weighted by atomic mass is 10.1. The monoisotopic (exact) mass is 287 g/mol. The quantitative estimate of drug-likeness (QED) is 0.671. The predicted octanol–water partition coefficient (Wildman–Crippen LogP) is 3.13. The number of nitrogens with zero attached hydrogens (tertiary/aromatic N) is 1. The molecule has 0 bridgehead atoms. The van der Waals surface area contributed by atoms with Crippen LogP contribution in [0, 0.1) is 5.41 Å². The van der Waals surface area contributed by atoms with E-state index >= 15 is 0 Å². The number of oxazole rings is 1. The van der Waals surface area contributed by atoms with Gasteiger partial charge in [-0.25, -0.2) is 4.98 Å². The van der Waals surface area contributed by atoms with Crippen LogP contribution < -0.4 is 5.73 Å². The van der Waals surface area contributed by atoms with E-state index in [1.54, 1.807) is 0 Å². The number of hydrogen-bond donors (Lipinski definition) is 2. The molecule has 0 aliphatic heterocycles. The molecule has 0 aliphatic carbocycles. The minimum absolute atomic E-state index is 0.00183. The van der Waals surface area contributed by atoms with Crippen LogP contribution in [0.2, 0.25) is 0 Å². The zero-order valence-corrected chi connectivity index (χ0v) is 10.2. The van der Waals surface area contributed by atoms with Crippen LogP contribution in [0.3, 0.4) is 0 Å². The molecule has 3 N–H and O–H groups in total. The Bertz CT molecular complexity index is 596. The maximum Gasteiger partial charge on any atom is 0.416 e. The molecule has 0 saturated heterocycles.